The largest absolute Gasteiger partial charge is 0.326 e. The van der Waals surface area contributed by atoms with E-state index in [4.69, 9.17) is 5.73 Å². The Labute approximate surface area is 88.8 Å². The molecule has 0 aromatic carbocycles. The van der Waals surface area contributed by atoms with E-state index in [9.17, 15) is 0 Å². The van der Waals surface area contributed by atoms with Gasteiger partial charge in [-0.05, 0) is 39.7 Å². The summed E-state index contributed by atoms with van der Waals surface area (Å²) in [4.78, 5) is 2.36. The Balaban J connectivity index is 2.28. The van der Waals surface area contributed by atoms with Gasteiger partial charge in [0.25, 0.3) is 0 Å². The summed E-state index contributed by atoms with van der Waals surface area (Å²) < 4.78 is 0. The predicted octanol–water partition coefficient (Wildman–Crippen LogP) is 2.23. The molecule has 0 amide bonds. The van der Waals surface area contributed by atoms with Gasteiger partial charge in [-0.25, -0.2) is 0 Å². The van der Waals surface area contributed by atoms with Crippen molar-refractivity contribution >= 4 is 0 Å². The standard InChI is InChI=1S/C12H26N2/c1-10(2)14(3)9-12(13)11-7-5-4-6-8-11/h10-12H,4-9,13H2,1-3H3. The lowest BCUT2D eigenvalue weighted by Gasteiger charge is -2.32. The van der Waals surface area contributed by atoms with Crippen molar-refractivity contribution in [3.05, 3.63) is 0 Å². The second-order valence-corrected chi connectivity index (χ2v) is 5.10. The number of rotatable bonds is 4. The monoisotopic (exact) mass is 198 g/mol. The van der Waals surface area contributed by atoms with E-state index < -0.39 is 0 Å². The first kappa shape index (κ1) is 12.0. The van der Waals surface area contributed by atoms with Gasteiger partial charge in [0.05, 0.1) is 0 Å². The molecule has 1 unspecified atom stereocenters. The maximum atomic E-state index is 6.25. The fourth-order valence-electron chi connectivity index (χ4n) is 2.25. The molecule has 0 saturated heterocycles. The van der Waals surface area contributed by atoms with Crippen LogP contribution in [0.15, 0.2) is 0 Å². The van der Waals surface area contributed by atoms with E-state index in [-0.39, 0.29) is 0 Å². The SMILES string of the molecule is CC(C)N(C)CC(N)C1CCCCC1. The van der Waals surface area contributed by atoms with Gasteiger partial charge in [0.2, 0.25) is 0 Å². The highest BCUT2D eigenvalue weighted by Gasteiger charge is 2.21. The minimum atomic E-state index is 0.391. The van der Waals surface area contributed by atoms with Crippen LogP contribution >= 0.6 is 0 Å². The van der Waals surface area contributed by atoms with Crippen LogP contribution in [0.2, 0.25) is 0 Å². The second-order valence-electron chi connectivity index (χ2n) is 5.10. The minimum Gasteiger partial charge on any atom is -0.326 e. The molecule has 0 radical (unpaired) electrons. The fraction of sp³-hybridized carbons (Fsp3) is 1.00. The molecule has 0 aliphatic heterocycles. The second kappa shape index (κ2) is 5.72. The van der Waals surface area contributed by atoms with Gasteiger partial charge in [-0.1, -0.05) is 19.3 Å². The smallest absolute Gasteiger partial charge is 0.0196 e. The Morgan fingerprint density at radius 2 is 1.79 bits per heavy atom. The molecule has 1 rings (SSSR count). The van der Waals surface area contributed by atoms with Crippen molar-refractivity contribution in [1.29, 1.82) is 0 Å². The van der Waals surface area contributed by atoms with Gasteiger partial charge >= 0.3 is 0 Å². The summed E-state index contributed by atoms with van der Waals surface area (Å²) in [7, 11) is 2.17. The Bertz CT molecular complexity index is 150. The summed E-state index contributed by atoms with van der Waals surface area (Å²) in [5.41, 5.74) is 6.25. The highest BCUT2D eigenvalue weighted by Crippen LogP contribution is 2.25. The van der Waals surface area contributed by atoms with Gasteiger partial charge in [0, 0.05) is 18.6 Å². The highest BCUT2D eigenvalue weighted by molar-refractivity contribution is 4.79. The minimum absolute atomic E-state index is 0.391. The van der Waals surface area contributed by atoms with Crippen LogP contribution in [0, 0.1) is 5.92 Å². The van der Waals surface area contributed by atoms with Crippen LogP contribution in [0.3, 0.4) is 0 Å². The Morgan fingerprint density at radius 1 is 1.21 bits per heavy atom. The third kappa shape index (κ3) is 3.58. The van der Waals surface area contributed by atoms with E-state index in [1.165, 1.54) is 32.1 Å². The maximum absolute atomic E-state index is 6.25. The maximum Gasteiger partial charge on any atom is 0.0196 e. The Morgan fingerprint density at radius 3 is 2.29 bits per heavy atom. The van der Waals surface area contributed by atoms with Crippen molar-refractivity contribution in [3.63, 3.8) is 0 Å². The van der Waals surface area contributed by atoms with Crippen LogP contribution in [0.25, 0.3) is 0 Å². The van der Waals surface area contributed by atoms with Crippen molar-refractivity contribution in [2.24, 2.45) is 11.7 Å². The average molecular weight is 198 g/mol. The number of hydrogen-bond donors (Lipinski definition) is 1. The van der Waals surface area contributed by atoms with E-state index in [1.807, 2.05) is 0 Å². The molecule has 2 nitrogen and oxygen atoms in total. The van der Waals surface area contributed by atoms with E-state index >= 15 is 0 Å². The Kier molecular flexibility index (Phi) is 4.90. The zero-order valence-electron chi connectivity index (χ0n) is 10.00. The van der Waals surface area contributed by atoms with Gasteiger partial charge < -0.3 is 10.6 Å². The molecule has 0 bridgehead atoms. The lowest BCUT2D eigenvalue weighted by molar-refractivity contribution is 0.206. The molecule has 1 aliphatic carbocycles. The Hall–Kier alpha value is -0.0800. The van der Waals surface area contributed by atoms with Gasteiger partial charge in [-0.2, -0.15) is 0 Å². The van der Waals surface area contributed by atoms with Crippen LogP contribution in [0.5, 0.6) is 0 Å². The summed E-state index contributed by atoms with van der Waals surface area (Å²) in [6, 6.07) is 1.01. The van der Waals surface area contributed by atoms with Crippen molar-refractivity contribution in [1.82, 2.24) is 4.90 Å². The first-order chi connectivity index (χ1) is 6.61. The summed E-state index contributed by atoms with van der Waals surface area (Å²) in [6.45, 7) is 5.52. The van der Waals surface area contributed by atoms with E-state index in [0.717, 1.165) is 12.5 Å². The zero-order valence-corrected chi connectivity index (χ0v) is 10.00. The van der Waals surface area contributed by atoms with E-state index in [2.05, 4.69) is 25.8 Å². The van der Waals surface area contributed by atoms with E-state index in [0.29, 0.717) is 12.1 Å². The van der Waals surface area contributed by atoms with E-state index in [1.54, 1.807) is 0 Å². The molecule has 14 heavy (non-hydrogen) atoms. The van der Waals surface area contributed by atoms with Crippen LogP contribution in [-0.4, -0.2) is 30.6 Å². The molecule has 0 spiro atoms. The molecule has 0 aromatic heterocycles. The third-order valence-electron chi connectivity index (χ3n) is 3.64. The number of nitrogens with zero attached hydrogens (tertiary/aromatic N) is 1. The van der Waals surface area contributed by atoms with Crippen LogP contribution in [0.1, 0.15) is 46.0 Å². The van der Waals surface area contributed by atoms with Crippen molar-refractivity contribution in [3.8, 4) is 0 Å². The van der Waals surface area contributed by atoms with Crippen LogP contribution < -0.4 is 5.73 Å². The fourth-order valence-corrected chi connectivity index (χ4v) is 2.25. The highest BCUT2D eigenvalue weighted by atomic mass is 15.1. The molecule has 1 aliphatic rings. The van der Waals surface area contributed by atoms with Gasteiger partial charge in [-0.15, -0.1) is 0 Å². The lowest BCUT2D eigenvalue weighted by atomic mass is 9.84. The van der Waals surface area contributed by atoms with Gasteiger partial charge in [0.1, 0.15) is 0 Å². The number of likely N-dealkylation sites (N-methyl/N-ethyl adjacent to an activating group) is 1. The van der Waals surface area contributed by atoms with Crippen molar-refractivity contribution in [2.75, 3.05) is 13.6 Å². The molecule has 1 fully saturated rings. The molecular formula is C12H26N2. The predicted molar refractivity (Wildman–Crippen MR) is 62.3 cm³/mol. The first-order valence-electron chi connectivity index (χ1n) is 6.07. The zero-order chi connectivity index (χ0) is 10.6. The number of hydrogen-bond acceptors (Lipinski definition) is 2. The van der Waals surface area contributed by atoms with Crippen LogP contribution in [-0.2, 0) is 0 Å². The van der Waals surface area contributed by atoms with Gasteiger partial charge in [0.15, 0.2) is 0 Å². The lowest BCUT2D eigenvalue weighted by Crippen LogP contribution is -2.43. The molecular weight excluding hydrogens is 172 g/mol. The summed E-state index contributed by atoms with van der Waals surface area (Å²) in [6.07, 6.45) is 6.91. The normalized spacial score (nSPS) is 21.9. The summed E-state index contributed by atoms with van der Waals surface area (Å²) in [5, 5.41) is 0. The van der Waals surface area contributed by atoms with Crippen molar-refractivity contribution < 1.29 is 0 Å². The average Bonchev–Trinajstić information content (AvgIpc) is 2.19. The van der Waals surface area contributed by atoms with Crippen molar-refractivity contribution in [2.45, 2.75) is 58.0 Å². The summed E-state index contributed by atoms with van der Waals surface area (Å²) >= 11 is 0. The third-order valence-corrected chi connectivity index (χ3v) is 3.64. The molecule has 1 atom stereocenters. The topological polar surface area (TPSA) is 29.3 Å². The first-order valence-corrected chi connectivity index (χ1v) is 6.07. The molecule has 2 heteroatoms. The quantitative estimate of drug-likeness (QED) is 0.750. The molecule has 2 N–H and O–H groups in total. The molecule has 0 heterocycles. The molecule has 0 aromatic rings. The van der Waals surface area contributed by atoms with Gasteiger partial charge in [-0.3, -0.25) is 0 Å². The van der Waals surface area contributed by atoms with Crippen LogP contribution in [0.4, 0.5) is 0 Å². The summed E-state index contributed by atoms with van der Waals surface area (Å²) in [5.74, 6) is 0.782. The molecule has 84 valence electrons. The molecule has 1 saturated carbocycles. The number of nitrogens with two attached hydrogens (primary N) is 1.